The molecule has 0 aromatic heterocycles. The minimum atomic E-state index is -0.628. The lowest BCUT2D eigenvalue weighted by Gasteiger charge is -2.36. The molecular formula is C9H13ClN2O2. The first-order valence-electron chi connectivity index (χ1n) is 4.90. The molecule has 1 heterocycles. The van der Waals surface area contributed by atoms with Crippen LogP contribution in [-0.4, -0.2) is 28.4 Å². The molecule has 1 saturated heterocycles. The number of hydrogen-bond acceptors (Lipinski definition) is 2. The molecule has 1 spiro atoms. The van der Waals surface area contributed by atoms with Crippen LogP contribution in [0.25, 0.3) is 0 Å². The Hall–Kier alpha value is -0.770. The molecule has 0 bridgehead atoms. The van der Waals surface area contributed by atoms with Crippen molar-refractivity contribution in [2.45, 2.75) is 37.6 Å². The van der Waals surface area contributed by atoms with Crippen molar-refractivity contribution in [2.24, 2.45) is 0 Å². The van der Waals surface area contributed by atoms with E-state index >= 15 is 0 Å². The van der Waals surface area contributed by atoms with Crippen LogP contribution in [0.3, 0.4) is 0 Å². The fourth-order valence-electron chi connectivity index (χ4n) is 2.40. The van der Waals surface area contributed by atoms with Crippen LogP contribution < -0.4 is 5.32 Å². The number of alkyl halides is 1. The minimum Gasteiger partial charge on any atom is -0.296 e. The third-order valence-corrected chi connectivity index (χ3v) is 3.44. The average molecular weight is 217 g/mol. The molecule has 0 atom stereocenters. The van der Waals surface area contributed by atoms with Gasteiger partial charge in [-0.2, -0.15) is 0 Å². The maximum absolute atomic E-state index is 11.7. The first-order chi connectivity index (χ1) is 6.70. The summed E-state index contributed by atoms with van der Waals surface area (Å²) in [6, 6.07) is -0.246. The highest BCUT2D eigenvalue weighted by molar-refractivity contribution is 6.20. The van der Waals surface area contributed by atoms with Gasteiger partial charge in [0.15, 0.2) is 0 Å². The first kappa shape index (κ1) is 9.77. The molecule has 0 radical (unpaired) electrons. The number of nitrogens with one attached hydrogen (secondary N) is 1. The lowest BCUT2D eigenvalue weighted by atomic mass is 9.81. The SMILES string of the molecule is O=C1NC(=O)C2(CCCCC2)N1CCl. The van der Waals surface area contributed by atoms with Gasteiger partial charge < -0.3 is 0 Å². The normalized spacial score (nSPS) is 25.6. The van der Waals surface area contributed by atoms with Crippen molar-refractivity contribution in [3.63, 3.8) is 0 Å². The predicted molar refractivity (Wildman–Crippen MR) is 51.9 cm³/mol. The molecule has 5 heteroatoms. The van der Waals surface area contributed by atoms with Crippen molar-refractivity contribution in [1.29, 1.82) is 0 Å². The molecule has 14 heavy (non-hydrogen) atoms. The van der Waals surface area contributed by atoms with Crippen LogP contribution in [0.15, 0.2) is 0 Å². The highest BCUT2D eigenvalue weighted by Gasteiger charge is 2.52. The largest absolute Gasteiger partial charge is 0.325 e. The molecule has 78 valence electrons. The van der Waals surface area contributed by atoms with Crippen LogP contribution >= 0.6 is 11.6 Å². The van der Waals surface area contributed by atoms with Crippen molar-refractivity contribution < 1.29 is 9.59 Å². The van der Waals surface area contributed by atoms with Crippen LogP contribution in [-0.2, 0) is 4.79 Å². The predicted octanol–water partition coefficient (Wildman–Crippen LogP) is 1.44. The van der Waals surface area contributed by atoms with Crippen LogP contribution in [0.1, 0.15) is 32.1 Å². The van der Waals surface area contributed by atoms with E-state index in [2.05, 4.69) is 5.32 Å². The number of carbonyl (C=O) groups is 2. The second kappa shape index (κ2) is 3.42. The molecule has 1 N–H and O–H groups in total. The Morgan fingerprint density at radius 3 is 2.50 bits per heavy atom. The van der Waals surface area contributed by atoms with Gasteiger partial charge in [0.05, 0.1) is 6.00 Å². The van der Waals surface area contributed by atoms with Crippen molar-refractivity contribution in [1.82, 2.24) is 10.2 Å². The van der Waals surface area contributed by atoms with Crippen LogP contribution in [0, 0.1) is 0 Å². The average Bonchev–Trinajstić information content (AvgIpc) is 2.40. The van der Waals surface area contributed by atoms with Gasteiger partial charge in [-0.25, -0.2) is 4.79 Å². The number of nitrogens with zero attached hydrogens (tertiary/aromatic N) is 1. The quantitative estimate of drug-likeness (QED) is 0.410. The van der Waals surface area contributed by atoms with Gasteiger partial charge in [-0.3, -0.25) is 15.0 Å². The zero-order valence-electron chi connectivity index (χ0n) is 7.88. The topological polar surface area (TPSA) is 49.4 Å². The second-order valence-electron chi connectivity index (χ2n) is 3.90. The second-order valence-corrected chi connectivity index (χ2v) is 4.14. The summed E-state index contributed by atoms with van der Waals surface area (Å²) in [4.78, 5) is 24.6. The van der Waals surface area contributed by atoms with Crippen LogP contribution in [0.5, 0.6) is 0 Å². The Labute approximate surface area is 87.6 Å². The summed E-state index contributed by atoms with van der Waals surface area (Å²) < 4.78 is 0. The molecular weight excluding hydrogens is 204 g/mol. The Bertz CT molecular complexity index is 274. The summed E-state index contributed by atoms with van der Waals surface area (Å²) in [5.74, 6) is -0.164. The van der Waals surface area contributed by atoms with E-state index in [1.54, 1.807) is 0 Å². The van der Waals surface area contributed by atoms with E-state index in [4.69, 9.17) is 11.6 Å². The van der Waals surface area contributed by atoms with E-state index in [1.807, 2.05) is 0 Å². The third kappa shape index (κ3) is 1.21. The van der Waals surface area contributed by atoms with E-state index in [0.717, 1.165) is 32.1 Å². The molecule has 0 unspecified atom stereocenters. The van der Waals surface area contributed by atoms with E-state index in [1.165, 1.54) is 4.90 Å². The first-order valence-corrected chi connectivity index (χ1v) is 5.43. The molecule has 1 aliphatic heterocycles. The highest BCUT2D eigenvalue weighted by atomic mass is 35.5. The number of amides is 3. The maximum Gasteiger partial charge on any atom is 0.325 e. The Balaban J connectivity index is 2.29. The Morgan fingerprint density at radius 1 is 1.29 bits per heavy atom. The van der Waals surface area contributed by atoms with Crippen molar-refractivity contribution in [3.8, 4) is 0 Å². The van der Waals surface area contributed by atoms with Gasteiger partial charge in [0.1, 0.15) is 5.54 Å². The maximum atomic E-state index is 11.7. The van der Waals surface area contributed by atoms with Crippen LogP contribution in [0.4, 0.5) is 4.79 Å². The summed E-state index contributed by atoms with van der Waals surface area (Å²) >= 11 is 5.70. The molecule has 1 saturated carbocycles. The van der Waals surface area contributed by atoms with Crippen molar-refractivity contribution in [3.05, 3.63) is 0 Å². The highest BCUT2D eigenvalue weighted by Crippen LogP contribution is 2.37. The van der Waals surface area contributed by atoms with Crippen molar-refractivity contribution in [2.75, 3.05) is 6.00 Å². The van der Waals surface area contributed by atoms with Gasteiger partial charge >= 0.3 is 6.03 Å². The standard InChI is InChI=1S/C9H13ClN2O2/c10-6-12-8(14)11-7(13)9(12)4-2-1-3-5-9/h1-6H2,(H,11,13,14). The molecule has 2 aliphatic rings. The Kier molecular flexibility index (Phi) is 2.39. The summed E-state index contributed by atoms with van der Waals surface area (Å²) in [6.07, 6.45) is 4.62. The van der Waals surface area contributed by atoms with E-state index in [-0.39, 0.29) is 17.9 Å². The van der Waals surface area contributed by atoms with Gasteiger partial charge in [0, 0.05) is 0 Å². The van der Waals surface area contributed by atoms with Gasteiger partial charge in [0.2, 0.25) is 0 Å². The third-order valence-electron chi connectivity index (χ3n) is 3.21. The molecule has 3 amide bonds. The summed E-state index contributed by atoms with van der Waals surface area (Å²) in [5.41, 5.74) is -0.628. The lowest BCUT2D eigenvalue weighted by Crippen LogP contribution is -2.50. The molecule has 4 nitrogen and oxygen atoms in total. The van der Waals surface area contributed by atoms with Crippen LogP contribution in [0.2, 0.25) is 0 Å². The number of rotatable bonds is 1. The molecule has 0 aromatic carbocycles. The van der Waals surface area contributed by atoms with Gasteiger partial charge in [0.25, 0.3) is 5.91 Å². The van der Waals surface area contributed by atoms with E-state index < -0.39 is 5.54 Å². The van der Waals surface area contributed by atoms with Crippen molar-refractivity contribution >= 4 is 23.5 Å². The number of carbonyl (C=O) groups excluding carboxylic acids is 2. The van der Waals surface area contributed by atoms with Gasteiger partial charge in [-0.15, -0.1) is 11.6 Å². The monoisotopic (exact) mass is 216 g/mol. The molecule has 0 aromatic rings. The fourth-order valence-corrected chi connectivity index (χ4v) is 2.74. The lowest BCUT2D eigenvalue weighted by molar-refractivity contribution is -0.127. The summed E-state index contributed by atoms with van der Waals surface area (Å²) in [7, 11) is 0. The number of imide groups is 1. The number of hydrogen-bond donors (Lipinski definition) is 1. The van der Waals surface area contributed by atoms with E-state index in [0.29, 0.717) is 0 Å². The molecule has 1 aliphatic carbocycles. The van der Waals surface area contributed by atoms with Gasteiger partial charge in [-0.1, -0.05) is 19.3 Å². The molecule has 2 fully saturated rings. The fraction of sp³-hybridized carbons (Fsp3) is 0.778. The minimum absolute atomic E-state index is 0.0948. The number of urea groups is 1. The number of halogens is 1. The smallest absolute Gasteiger partial charge is 0.296 e. The zero-order chi connectivity index (χ0) is 10.2. The Morgan fingerprint density at radius 2 is 1.93 bits per heavy atom. The zero-order valence-corrected chi connectivity index (χ0v) is 8.64. The van der Waals surface area contributed by atoms with Gasteiger partial charge in [-0.05, 0) is 12.8 Å². The molecule has 2 rings (SSSR count). The summed E-state index contributed by atoms with van der Waals surface area (Å²) in [6.45, 7) is 0. The van der Waals surface area contributed by atoms with E-state index in [9.17, 15) is 9.59 Å². The summed E-state index contributed by atoms with van der Waals surface area (Å²) in [5, 5.41) is 2.34.